The van der Waals surface area contributed by atoms with E-state index in [2.05, 4.69) is 10.6 Å². The number of rotatable bonds is 1. The Morgan fingerprint density at radius 1 is 1.75 bits per heavy atom. The second kappa shape index (κ2) is 2.60. The highest BCUT2D eigenvalue weighted by molar-refractivity contribution is 5.01. The summed E-state index contributed by atoms with van der Waals surface area (Å²) >= 11 is 0. The predicted octanol–water partition coefficient (Wildman–Crippen LogP) is 0.431. The molecule has 8 heavy (non-hydrogen) atoms. The summed E-state index contributed by atoms with van der Waals surface area (Å²) in [7, 11) is 1.92. The molecule has 1 fully saturated rings. The predicted molar refractivity (Wildman–Crippen MR) is 34.4 cm³/mol. The zero-order chi connectivity index (χ0) is 5.82. The molecule has 0 amide bonds. The van der Waals surface area contributed by atoms with Gasteiger partial charge in [-0.25, -0.2) is 0 Å². The number of hydrogen-bond donors (Lipinski definition) is 2. The quantitative estimate of drug-likeness (QED) is 0.514. The molecule has 0 atom stereocenters. The molecule has 0 aromatic heterocycles. The van der Waals surface area contributed by atoms with Gasteiger partial charge in [0.1, 0.15) is 0 Å². The van der Waals surface area contributed by atoms with Gasteiger partial charge < -0.3 is 10.6 Å². The van der Waals surface area contributed by atoms with E-state index in [1.807, 2.05) is 13.2 Å². The smallest absolute Gasteiger partial charge is 0.0267 e. The van der Waals surface area contributed by atoms with Crippen LogP contribution in [0.5, 0.6) is 0 Å². The molecule has 2 heteroatoms. The second-order valence-corrected chi connectivity index (χ2v) is 1.99. The molecule has 0 aromatic carbocycles. The molecule has 0 bridgehead atoms. The van der Waals surface area contributed by atoms with E-state index in [4.69, 9.17) is 0 Å². The Hall–Kier alpha value is -0.660. The average Bonchev–Trinajstić information content (AvgIpc) is 2.19. The van der Waals surface area contributed by atoms with E-state index >= 15 is 0 Å². The van der Waals surface area contributed by atoms with Crippen LogP contribution < -0.4 is 10.6 Å². The second-order valence-electron chi connectivity index (χ2n) is 1.99. The van der Waals surface area contributed by atoms with Crippen LogP contribution in [0.25, 0.3) is 0 Å². The summed E-state index contributed by atoms with van der Waals surface area (Å²) in [5.41, 5.74) is 1.34. The molecule has 1 rings (SSSR count). The maximum absolute atomic E-state index is 3.26. The van der Waals surface area contributed by atoms with Crippen molar-refractivity contribution in [1.29, 1.82) is 0 Å². The lowest BCUT2D eigenvalue weighted by Crippen LogP contribution is -2.06. The minimum absolute atomic E-state index is 1.15. The van der Waals surface area contributed by atoms with E-state index in [1.165, 1.54) is 18.5 Å². The molecule has 0 radical (unpaired) electrons. The maximum Gasteiger partial charge on any atom is 0.0267 e. The fraction of sp³-hybridized carbons (Fsp3) is 0.667. The van der Waals surface area contributed by atoms with Crippen LogP contribution in [0.4, 0.5) is 0 Å². The van der Waals surface area contributed by atoms with E-state index in [0.717, 1.165) is 6.54 Å². The van der Waals surface area contributed by atoms with Crippen molar-refractivity contribution >= 4 is 0 Å². The molecule has 0 spiro atoms. The lowest BCUT2D eigenvalue weighted by atomic mass is 10.3. The summed E-state index contributed by atoms with van der Waals surface area (Å²) in [5.74, 6) is 0. The molecule has 0 unspecified atom stereocenters. The van der Waals surface area contributed by atoms with E-state index in [-0.39, 0.29) is 0 Å². The van der Waals surface area contributed by atoms with Gasteiger partial charge in [0.25, 0.3) is 0 Å². The van der Waals surface area contributed by atoms with E-state index in [9.17, 15) is 0 Å². The molecule has 1 aliphatic rings. The first kappa shape index (κ1) is 5.48. The third kappa shape index (κ3) is 1.15. The molecular weight excluding hydrogens is 100 g/mol. The molecular formula is C6H12N2. The van der Waals surface area contributed by atoms with E-state index < -0.39 is 0 Å². The summed E-state index contributed by atoms with van der Waals surface area (Å²) < 4.78 is 0. The van der Waals surface area contributed by atoms with Crippen LogP contribution in [0.15, 0.2) is 11.9 Å². The van der Waals surface area contributed by atoms with Crippen molar-refractivity contribution in [3.05, 3.63) is 11.9 Å². The summed E-state index contributed by atoms with van der Waals surface area (Å²) in [6.07, 6.45) is 4.52. The number of nitrogens with one attached hydrogen (secondary N) is 2. The minimum atomic E-state index is 1.15. The highest BCUT2D eigenvalue weighted by Crippen LogP contribution is 2.05. The van der Waals surface area contributed by atoms with Crippen LogP contribution in [-0.2, 0) is 0 Å². The molecule has 1 aliphatic heterocycles. The molecule has 0 aromatic rings. The maximum atomic E-state index is 3.26. The Morgan fingerprint density at radius 3 is 3.12 bits per heavy atom. The SMILES string of the molecule is CN/C=C1\CCCN1. The van der Waals surface area contributed by atoms with Gasteiger partial charge in [0.2, 0.25) is 0 Å². The number of allylic oxidation sites excluding steroid dienone is 1. The van der Waals surface area contributed by atoms with Crippen LogP contribution in [-0.4, -0.2) is 13.6 Å². The van der Waals surface area contributed by atoms with Gasteiger partial charge in [0.05, 0.1) is 0 Å². The van der Waals surface area contributed by atoms with Gasteiger partial charge in [-0.05, 0) is 12.8 Å². The molecule has 46 valence electrons. The van der Waals surface area contributed by atoms with Gasteiger partial charge in [-0.2, -0.15) is 0 Å². The first-order valence-corrected chi connectivity index (χ1v) is 3.03. The Labute approximate surface area is 50.0 Å². The van der Waals surface area contributed by atoms with Crippen molar-refractivity contribution in [3.63, 3.8) is 0 Å². The summed E-state index contributed by atoms with van der Waals surface area (Å²) in [5, 5.41) is 6.24. The summed E-state index contributed by atoms with van der Waals surface area (Å²) in [4.78, 5) is 0. The summed E-state index contributed by atoms with van der Waals surface area (Å²) in [6.45, 7) is 1.15. The Kier molecular flexibility index (Phi) is 1.78. The lowest BCUT2D eigenvalue weighted by molar-refractivity contribution is 0.898. The van der Waals surface area contributed by atoms with Gasteiger partial charge in [-0.3, -0.25) is 0 Å². The van der Waals surface area contributed by atoms with Crippen LogP contribution in [0.1, 0.15) is 12.8 Å². The first-order valence-electron chi connectivity index (χ1n) is 3.03. The molecule has 2 N–H and O–H groups in total. The van der Waals surface area contributed by atoms with Crippen molar-refractivity contribution in [2.24, 2.45) is 0 Å². The zero-order valence-electron chi connectivity index (χ0n) is 5.20. The minimum Gasteiger partial charge on any atom is -0.393 e. The monoisotopic (exact) mass is 112 g/mol. The van der Waals surface area contributed by atoms with Crippen LogP contribution >= 0.6 is 0 Å². The standard InChI is InChI=1S/C6H12N2/c1-7-5-6-3-2-4-8-6/h5,7-8H,2-4H2,1H3/b6-5+. The van der Waals surface area contributed by atoms with Gasteiger partial charge in [-0.1, -0.05) is 0 Å². The highest BCUT2D eigenvalue weighted by Gasteiger charge is 2.02. The third-order valence-electron chi connectivity index (χ3n) is 1.29. The molecule has 0 saturated carbocycles. The third-order valence-corrected chi connectivity index (χ3v) is 1.29. The Morgan fingerprint density at radius 2 is 2.62 bits per heavy atom. The van der Waals surface area contributed by atoms with Gasteiger partial charge in [0, 0.05) is 25.5 Å². The van der Waals surface area contributed by atoms with Crippen molar-refractivity contribution in [1.82, 2.24) is 10.6 Å². The van der Waals surface area contributed by atoms with Crippen molar-refractivity contribution in [2.75, 3.05) is 13.6 Å². The fourth-order valence-corrected chi connectivity index (χ4v) is 0.914. The van der Waals surface area contributed by atoms with Crippen molar-refractivity contribution in [2.45, 2.75) is 12.8 Å². The largest absolute Gasteiger partial charge is 0.393 e. The fourth-order valence-electron chi connectivity index (χ4n) is 0.914. The van der Waals surface area contributed by atoms with Gasteiger partial charge in [-0.15, -0.1) is 0 Å². The van der Waals surface area contributed by atoms with Crippen LogP contribution in [0, 0.1) is 0 Å². The normalized spacial score (nSPS) is 23.4. The molecule has 0 aliphatic carbocycles. The molecule has 1 heterocycles. The summed E-state index contributed by atoms with van der Waals surface area (Å²) in [6, 6.07) is 0. The number of hydrogen-bond acceptors (Lipinski definition) is 2. The molecule has 2 nitrogen and oxygen atoms in total. The Bertz CT molecular complexity index is 88.7. The van der Waals surface area contributed by atoms with E-state index in [1.54, 1.807) is 0 Å². The van der Waals surface area contributed by atoms with Crippen LogP contribution in [0.2, 0.25) is 0 Å². The average molecular weight is 112 g/mol. The van der Waals surface area contributed by atoms with Crippen LogP contribution in [0.3, 0.4) is 0 Å². The topological polar surface area (TPSA) is 24.1 Å². The highest BCUT2D eigenvalue weighted by atomic mass is 14.9. The van der Waals surface area contributed by atoms with Crippen molar-refractivity contribution < 1.29 is 0 Å². The van der Waals surface area contributed by atoms with Gasteiger partial charge in [0.15, 0.2) is 0 Å². The zero-order valence-corrected chi connectivity index (χ0v) is 5.20. The lowest BCUT2D eigenvalue weighted by Gasteiger charge is -1.94. The molecule has 1 saturated heterocycles. The van der Waals surface area contributed by atoms with E-state index in [0.29, 0.717) is 0 Å². The van der Waals surface area contributed by atoms with Crippen molar-refractivity contribution in [3.8, 4) is 0 Å². The first-order chi connectivity index (χ1) is 3.93. The van der Waals surface area contributed by atoms with Gasteiger partial charge >= 0.3 is 0 Å². The Balaban J connectivity index is 2.33.